The number of hydrogen-bond acceptors (Lipinski definition) is 3. The molecule has 6 nitrogen and oxygen atoms in total. The second kappa shape index (κ2) is 6.84. The number of amides is 1. The average molecular weight is 380 g/mol. The molecule has 2 N–H and O–H groups in total. The zero-order chi connectivity index (χ0) is 19.8. The van der Waals surface area contributed by atoms with Crippen LogP contribution in [0.15, 0.2) is 54.7 Å². The number of nitrogens with zero attached hydrogens (tertiary/aromatic N) is 1. The van der Waals surface area contributed by atoms with Gasteiger partial charge in [-0.25, -0.2) is 9.18 Å². The van der Waals surface area contributed by atoms with Gasteiger partial charge in [0.2, 0.25) is 5.91 Å². The van der Waals surface area contributed by atoms with E-state index in [1.54, 1.807) is 29.9 Å². The molecule has 7 heteroatoms. The highest BCUT2D eigenvalue weighted by molar-refractivity contribution is 6.04. The molecular formula is C21H17FN2O4. The Hall–Kier alpha value is -3.61. The van der Waals surface area contributed by atoms with E-state index in [4.69, 9.17) is 4.74 Å². The minimum atomic E-state index is -1.17. The molecule has 4 rings (SSSR count). The first-order valence-corrected chi connectivity index (χ1v) is 8.66. The molecule has 1 aliphatic rings. The number of carboxylic acid groups (broad SMARTS) is 1. The van der Waals surface area contributed by atoms with Crippen LogP contribution in [0.25, 0.3) is 5.69 Å². The van der Waals surface area contributed by atoms with E-state index in [0.717, 1.165) is 5.56 Å². The van der Waals surface area contributed by atoms with Crippen LogP contribution in [0.1, 0.15) is 34.0 Å². The number of halogens is 1. The fourth-order valence-electron chi connectivity index (χ4n) is 3.60. The highest BCUT2D eigenvalue weighted by Gasteiger charge is 2.34. The van der Waals surface area contributed by atoms with E-state index >= 15 is 0 Å². The Labute approximate surface area is 160 Å². The van der Waals surface area contributed by atoms with E-state index in [2.05, 4.69) is 5.32 Å². The van der Waals surface area contributed by atoms with Gasteiger partial charge in [-0.2, -0.15) is 0 Å². The van der Waals surface area contributed by atoms with E-state index < -0.39 is 17.7 Å². The molecule has 1 amide bonds. The topological polar surface area (TPSA) is 80.6 Å². The van der Waals surface area contributed by atoms with Gasteiger partial charge in [0.15, 0.2) is 0 Å². The molecule has 1 atom stereocenters. The summed E-state index contributed by atoms with van der Waals surface area (Å²) in [6.07, 6.45) is 1.55. The molecule has 2 heterocycles. The Morgan fingerprint density at radius 3 is 2.75 bits per heavy atom. The molecule has 0 fully saturated rings. The van der Waals surface area contributed by atoms with Gasteiger partial charge in [-0.05, 0) is 35.9 Å². The summed E-state index contributed by atoms with van der Waals surface area (Å²) in [5.41, 5.74) is 2.08. The Kier molecular flexibility index (Phi) is 4.35. The molecule has 0 radical (unpaired) electrons. The van der Waals surface area contributed by atoms with Gasteiger partial charge < -0.3 is 19.7 Å². The van der Waals surface area contributed by atoms with Gasteiger partial charge in [0.05, 0.1) is 18.5 Å². The molecule has 0 saturated heterocycles. The molecule has 0 aliphatic carbocycles. The van der Waals surface area contributed by atoms with Gasteiger partial charge in [-0.3, -0.25) is 4.79 Å². The second-order valence-electron chi connectivity index (χ2n) is 6.54. The van der Waals surface area contributed by atoms with Gasteiger partial charge in [-0.1, -0.05) is 18.2 Å². The van der Waals surface area contributed by atoms with Crippen LogP contribution in [-0.2, 0) is 4.79 Å². The first-order chi connectivity index (χ1) is 13.5. The quantitative estimate of drug-likeness (QED) is 0.722. The normalized spacial score (nSPS) is 15.6. The van der Waals surface area contributed by atoms with Crippen molar-refractivity contribution < 1.29 is 23.8 Å². The predicted molar refractivity (Wildman–Crippen MR) is 101 cm³/mol. The van der Waals surface area contributed by atoms with Crippen molar-refractivity contribution in [3.8, 4) is 11.4 Å². The molecule has 1 aliphatic heterocycles. The summed E-state index contributed by atoms with van der Waals surface area (Å²) < 4.78 is 20.7. The van der Waals surface area contributed by atoms with Gasteiger partial charge >= 0.3 is 5.97 Å². The summed E-state index contributed by atoms with van der Waals surface area (Å²) in [6, 6.07) is 13.2. The maximum Gasteiger partial charge on any atom is 0.339 e. The third-order valence-corrected chi connectivity index (χ3v) is 4.84. The summed E-state index contributed by atoms with van der Waals surface area (Å²) in [7, 11) is 1.55. The largest absolute Gasteiger partial charge is 0.497 e. The number of fused-ring (bicyclic) bond motifs is 1. The molecule has 28 heavy (non-hydrogen) atoms. The lowest BCUT2D eigenvalue weighted by Crippen LogP contribution is -2.25. The minimum absolute atomic E-state index is 0.0415. The van der Waals surface area contributed by atoms with Crippen molar-refractivity contribution in [1.29, 1.82) is 0 Å². The van der Waals surface area contributed by atoms with E-state index in [1.807, 2.05) is 18.2 Å². The van der Waals surface area contributed by atoms with Crippen LogP contribution >= 0.6 is 0 Å². The number of hydrogen-bond donors (Lipinski definition) is 2. The first kappa shape index (κ1) is 17.8. The zero-order valence-corrected chi connectivity index (χ0v) is 15.0. The van der Waals surface area contributed by atoms with Crippen molar-refractivity contribution in [1.82, 2.24) is 4.57 Å². The van der Waals surface area contributed by atoms with E-state index in [1.165, 1.54) is 18.3 Å². The van der Waals surface area contributed by atoms with Gasteiger partial charge in [0, 0.05) is 24.2 Å². The molecule has 2 aromatic carbocycles. The summed E-state index contributed by atoms with van der Waals surface area (Å²) in [6.45, 7) is 0. The number of methoxy groups -OCH3 is 1. The Bertz CT molecular complexity index is 1090. The van der Waals surface area contributed by atoms with Gasteiger partial charge in [0.1, 0.15) is 17.1 Å². The van der Waals surface area contributed by atoms with Crippen molar-refractivity contribution in [2.75, 3.05) is 12.4 Å². The Morgan fingerprint density at radius 2 is 2.04 bits per heavy atom. The van der Waals surface area contributed by atoms with Crippen molar-refractivity contribution >= 4 is 17.6 Å². The highest BCUT2D eigenvalue weighted by atomic mass is 19.1. The monoisotopic (exact) mass is 380 g/mol. The summed E-state index contributed by atoms with van der Waals surface area (Å²) in [4.78, 5) is 24.1. The van der Waals surface area contributed by atoms with Crippen LogP contribution in [0.2, 0.25) is 0 Å². The van der Waals surface area contributed by atoms with Crippen LogP contribution in [0.5, 0.6) is 5.75 Å². The highest BCUT2D eigenvalue weighted by Crippen LogP contribution is 2.42. The minimum Gasteiger partial charge on any atom is -0.497 e. The van der Waals surface area contributed by atoms with Gasteiger partial charge in [-0.15, -0.1) is 0 Å². The second-order valence-corrected chi connectivity index (χ2v) is 6.54. The predicted octanol–water partition coefficient (Wildman–Crippen LogP) is 3.80. The van der Waals surface area contributed by atoms with Crippen molar-refractivity contribution in [3.63, 3.8) is 0 Å². The van der Waals surface area contributed by atoms with Crippen molar-refractivity contribution in [3.05, 3.63) is 77.4 Å². The lowest BCUT2D eigenvalue weighted by Gasteiger charge is -2.26. The Morgan fingerprint density at radius 1 is 1.25 bits per heavy atom. The molecule has 0 saturated carbocycles. The number of aromatic nitrogens is 1. The van der Waals surface area contributed by atoms with Crippen LogP contribution < -0.4 is 10.1 Å². The standard InChI is InChI=1S/C21H17FN2O4/c1-28-15-7-2-4-12(8-15)16-10-18(25)23-19-17(21(26)27)11-24(20(16)19)14-6-3-5-13(22)9-14/h2-9,11,16H,10H2,1H3,(H,23,25)(H,26,27). The summed E-state index contributed by atoms with van der Waals surface area (Å²) in [5, 5.41) is 12.3. The Balaban J connectivity index is 1.97. The van der Waals surface area contributed by atoms with Gasteiger partial charge in [0.25, 0.3) is 0 Å². The maximum atomic E-state index is 13.8. The number of carbonyl (C=O) groups excluding carboxylic acids is 1. The van der Waals surface area contributed by atoms with Crippen LogP contribution in [-0.4, -0.2) is 28.7 Å². The van der Waals surface area contributed by atoms with E-state index in [-0.39, 0.29) is 23.6 Å². The number of nitrogens with one attached hydrogen (secondary N) is 1. The third-order valence-electron chi connectivity index (χ3n) is 4.84. The molecule has 1 unspecified atom stereocenters. The van der Waals surface area contributed by atoms with Crippen molar-refractivity contribution in [2.45, 2.75) is 12.3 Å². The van der Waals surface area contributed by atoms with E-state index in [0.29, 0.717) is 17.1 Å². The maximum absolute atomic E-state index is 13.8. The number of ether oxygens (including phenoxy) is 1. The fourth-order valence-corrected chi connectivity index (χ4v) is 3.60. The van der Waals surface area contributed by atoms with Crippen LogP contribution in [0, 0.1) is 5.82 Å². The van der Waals surface area contributed by atoms with Crippen LogP contribution in [0.4, 0.5) is 10.1 Å². The molecular weight excluding hydrogens is 363 g/mol. The lowest BCUT2D eigenvalue weighted by atomic mass is 9.88. The number of aromatic carboxylic acids is 1. The first-order valence-electron chi connectivity index (χ1n) is 8.66. The molecule has 3 aromatic rings. The summed E-state index contributed by atoms with van der Waals surface area (Å²) >= 11 is 0. The lowest BCUT2D eigenvalue weighted by molar-refractivity contribution is -0.116. The number of anilines is 1. The SMILES string of the molecule is COc1cccc(C2CC(=O)Nc3c(C(=O)O)cn(-c4cccc(F)c4)c32)c1. The van der Waals surface area contributed by atoms with Crippen LogP contribution in [0.3, 0.4) is 0 Å². The number of carboxylic acids is 1. The number of benzene rings is 2. The van der Waals surface area contributed by atoms with E-state index in [9.17, 15) is 19.1 Å². The third kappa shape index (κ3) is 3.00. The average Bonchev–Trinajstić information content (AvgIpc) is 3.07. The van der Waals surface area contributed by atoms with Crippen molar-refractivity contribution in [2.24, 2.45) is 0 Å². The molecule has 142 valence electrons. The fraction of sp³-hybridized carbons (Fsp3) is 0.143. The molecule has 0 spiro atoms. The number of rotatable bonds is 4. The summed E-state index contributed by atoms with van der Waals surface area (Å²) in [5.74, 6) is -1.66. The zero-order valence-electron chi connectivity index (χ0n) is 15.0. The smallest absolute Gasteiger partial charge is 0.339 e. The number of carbonyl (C=O) groups is 2. The molecule has 0 bridgehead atoms. The molecule has 1 aromatic heterocycles.